The molecule has 1 fully saturated rings. The van der Waals surface area contributed by atoms with Gasteiger partial charge in [0.2, 0.25) is 0 Å². The van der Waals surface area contributed by atoms with E-state index in [-0.39, 0.29) is 12.5 Å². The molecule has 18 heavy (non-hydrogen) atoms. The van der Waals surface area contributed by atoms with Crippen LogP contribution in [0.3, 0.4) is 0 Å². The predicted octanol–water partition coefficient (Wildman–Crippen LogP) is 2.14. The van der Waals surface area contributed by atoms with Crippen LogP contribution in [0.2, 0.25) is 0 Å². The van der Waals surface area contributed by atoms with Crippen molar-refractivity contribution in [2.75, 3.05) is 6.54 Å². The molecule has 0 aromatic heterocycles. The Morgan fingerprint density at radius 3 is 2.61 bits per heavy atom. The van der Waals surface area contributed by atoms with Gasteiger partial charge >= 0.3 is 0 Å². The monoisotopic (exact) mass is 265 g/mol. The minimum atomic E-state index is -3.41. The maximum atomic E-state index is 12.8. The van der Waals surface area contributed by atoms with Crippen LogP contribution in [0.5, 0.6) is 0 Å². The Kier molecular flexibility index (Phi) is 3.59. The van der Waals surface area contributed by atoms with Gasteiger partial charge in [0.1, 0.15) is 0 Å². The van der Waals surface area contributed by atoms with Crippen LogP contribution in [0.1, 0.15) is 19.3 Å². The summed E-state index contributed by atoms with van der Waals surface area (Å²) in [4.78, 5) is 0.365. The van der Waals surface area contributed by atoms with Crippen molar-refractivity contribution in [1.82, 2.24) is 0 Å². The normalized spacial score (nSPS) is 28.2. The van der Waals surface area contributed by atoms with Crippen molar-refractivity contribution in [2.24, 2.45) is 11.7 Å². The van der Waals surface area contributed by atoms with Gasteiger partial charge in [0.25, 0.3) is 0 Å². The summed E-state index contributed by atoms with van der Waals surface area (Å²) >= 11 is 0. The molecule has 98 valence electrons. The molecule has 1 aliphatic carbocycles. The molecular formula is C14H19NO2S. The zero-order chi connectivity index (χ0) is 13.2. The summed E-state index contributed by atoms with van der Waals surface area (Å²) in [6, 6.07) is 8.59. The lowest BCUT2D eigenvalue weighted by Gasteiger charge is -2.32. The third kappa shape index (κ3) is 1.80. The van der Waals surface area contributed by atoms with Gasteiger partial charge in [-0.15, -0.1) is 6.58 Å². The van der Waals surface area contributed by atoms with Crippen molar-refractivity contribution < 1.29 is 8.42 Å². The first-order valence-corrected chi connectivity index (χ1v) is 7.69. The van der Waals surface area contributed by atoms with Crippen molar-refractivity contribution in [3.05, 3.63) is 43.0 Å². The van der Waals surface area contributed by atoms with E-state index in [2.05, 4.69) is 6.58 Å². The molecule has 0 heterocycles. The molecule has 0 unspecified atom stereocenters. The van der Waals surface area contributed by atoms with E-state index in [1.54, 1.807) is 30.3 Å². The Morgan fingerprint density at radius 2 is 2.06 bits per heavy atom. The second-order valence-corrected chi connectivity index (χ2v) is 7.11. The summed E-state index contributed by atoms with van der Waals surface area (Å²) in [5.41, 5.74) is 5.83. The molecule has 1 aromatic carbocycles. The topological polar surface area (TPSA) is 60.2 Å². The number of rotatable bonds is 4. The zero-order valence-electron chi connectivity index (χ0n) is 10.4. The van der Waals surface area contributed by atoms with Crippen molar-refractivity contribution >= 4 is 9.84 Å². The van der Waals surface area contributed by atoms with Gasteiger partial charge in [-0.2, -0.15) is 0 Å². The number of hydrogen-bond acceptors (Lipinski definition) is 3. The average molecular weight is 265 g/mol. The number of sulfone groups is 1. The fraction of sp³-hybridized carbons (Fsp3) is 0.429. The number of benzene rings is 1. The summed E-state index contributed by atoms with van der Waals surface area (Å²) < 4.78 is 24.8. The van der Waals surface area contributed by atoms with Gasteiger partial charge in [0, 0.05) is 6.54 Å². The minimum Gasteiger partial charge on any atom is -0.329 e. The van der Waals surface area contributed by atoms with Crippen LogP contribution in [0, 0.1) is 5.92 Å². The maximum Gasteiger partial charge on any atom is 0.185 e. The first-order valence-electron chi connectivity index (χ1n) is 6.21. The molecule has 2 N–H and O–H groups in total. The van der Waals surface area contributed by atoms with Gasteiger partial charge in [0.15, 0.2) is 9.84 Å². The maximum absolute atomic E-state index is 12.8. The first-order chi connectivity index (χ1) is 8.58. The Labute approximate surface area is 109 Å². The lowest BCUT2D eigenvalue weighted by atomic mass is 9.95. The fourth-order valence-electron chi connectivity index (χ4n) is 2.93. The molecule has 4 heteroatoms. The van der Waals surface area contributed by atoms with E-state index in [4.69, 9.17) is 5.73 Å². The van der Waals surface area contributed by atoms with Crippen LogP contribution in [-0.2, 0) is 9.84 Å². The molecule has 3 nitrogen and oxygen atoms in total. The van der Waals surface area contributed by atoms with Crippen molar-refractivity contribution in [3.8, 4) is 0 Å². The van der Waals surface area contributed by atoms with Gasteiger partial charge in [-0.25, -0.2) is 8.42 Å². The Balaban J connectivity index is 2.54. The SMILES string of the molecule is C=C[C@H]1CCC[C@]1(CN)S(=O)(=O)c1ccccc1. The van der Waals surface area contributed by atoms with Crippen molar-refractivity contribution in [1.29, 1.82) is 0 Å². The third-order valence-electron chi connectivity index (χ3n) is 4.01. The van der Waals surface area contributed by atoms with Crippen LogP contribution >= 0.6 is 0 Å². The van der Waals surface area contributed by atoms with Gasteiger partial charge < -0.3 is 5.73 Å². The molecule has 1 saturated carbocycles. The molecule has 2 rings (SSSR count). The largest absolute Gasteiger partial charge is 0.329 e. The third-order valence-corrected chi connectivity index (χ3v) is 6.65. The quantitative estimate of drug-likeness (QED) is 0.848. The fourth-order valence-corrected chi connectivity index (χ4v) is 5.16. The summed E-state index contributed by atoms with van der Waals surface area (Å²) in [6.07, 6.45) is 4.12. The molecule has 0 saturated heterocycles. The van der Waals surface area contributed by atoms with Crippen molar-refractivity contribution in [3.63, 3.8) is 0 Å². The standard InChI is InChI=1S/C14H19NO2S/c1-2-12-7-6-10-14(12,11-15)18(16,17)13-8-4-3-5-9-13/h2-5,8-9,12H,1,6-7,10-11,15H2/t12-,14+/m0/s1. The van der Waals surface area contributed by atoms with Crippen LogP contribution in [0.25, 0.3) is 0 Å². The summed E-state index contributed by atoms with van der Waals surface area (Å²) in [6.45, 7) is 3.93. The smallest absolute Gasteiger partial charge is 0.185 e. The Bertz CT molecular complexity index is 524. The highest BCUT2D eigenvalue weighted by Gasteiger charge is 2.51. The Morgan fingerprint density at radius 1 is 1.39 bits per heavy atom. The van der Waals surface area contributed by atoms with Crippen molar-refractivity contribution in [2.45, 2.75) is 28.9 Å². The highest BCUT2D eigenvalue weighted by atomic mass is 32.2. The second-order valence-electron chi connectivity index (χ2n) is 4.82. The zero-order valence-corrected chi connectivity index (χ0v) is 11.2. The molecule has 2 atom stereocenters. The minimum absolute atomic E-state index is 0.0484. The molecule has 1 aliphatic rings. The van der Waals surface area contributed by atoms with Crippen LogP contribution < -0.4 is 5.73 Å². The van der Waals surface area contributed by atoms with Crippen LogP contribution in [0.4, 0.5) is 0 Å². The molecule has 0 amide bonds. The molecule has 1 aromatic rings. The molecule has 0 spiro atoms. The molecule has 0 bridgehead atoms. The van der Waals surface area contributed by atoms with Gasteiger partial charge in [-0.1, -0.05) is 30.7 Å². The highest BCUT2D eigenvalue weighted by molar-refractivity contribution is 7.93. The Hall–Kier alpha value is -1.13. The van der Waals surface area contributed by atoms with Crippen LogP contribution in [0.15, 0.2) is 47.9 Å². The molecule has 0 radical (unpaired) electrons. The van der Waals surface area contributed by atoms with Crippen LogP contribution in [-0.4, -0.2) is 19.7 Å². The van der Waals surface area contributed by atoms with E-state index in [9.17, 15) is 8.42 Å². The second kappa shape index (κ2) is 4.86. The van der Waals surface area contributed by atoms with Gasteiger partial charge in [-0.3, -0.25) is 0 Å². The summed E-state index contributed by atoms with van der Waals surface area (Å²) in [5.74, 6) is -0.0484. The van der Waals surface area contributed by atoms with E-state index in [0.29, 0.717) is 11.3 Å². The van der Waals surface area contributed by atoms with E-state index >= 15 is 0 Å². The number of hydrogen-bond donors (Lipinski definition) is 1. The average Bonchev–Trinajstić information content (AvgIpc) is 2.84. The highest BCUT2D eigenvalue weighted by Crippen LogP contribution is 2.44. The number of nitrogens with two attached hydrogens (primary N) is 1. The molecular weight excluding hydrogens is 246 g/mol. The first kappa shape index (κ1) is 13.3. The van der Waals surface area contributed by atoms with E-state index < -0.39 is 14.6 Å². The number of allylic oxidation sites excluding steroid dienone is 1. The van der Waals surface area contributed by atoms with E-state index in [1.165, 1.54) is 0 Å². The van der Waals surface area contributed by atoms with E-state index in [0.717, 1.165) is 12.8 Å². The predicted molar refractivity (Wildman–Crippen MR) is 73.0 cm³/mol. The summed E-state index contributed by atoms with van der Waals surface area (Å²) in [7, 11) is -3.41. The lowest BCUT2D eigenvalue weighted by Crippen LogP contribution is -2.48. The van der Waals surface area contributed by atoms with Gasteiger partial charge in [0.05, 0.1) is 9.64 Å². The lowest BCUT2D eigenvalue weighted by molar-refractivity contribution is 0.463. The molecule has 0 aliphatic heterocycles. The summed E-state index contributed by atoms with van der Waals surface area (Å²) in [5, 5.41) is 0. The van der Waals surface area contributed by atoms with E-state index in [1.807, 2.05) is 6.07 Å². The van der Waals surface area contributed by atoms with Gasteiger partial charge in [-0.05, 0) is 30.9 Å².